The Hall–Kier alpha value is -1.42. The molecule has 0 saturated heterocycles. The summed E-state index contributed by atoms with van der Waals surface area (Å²) in [5.74, 6) is -1.68. The van der Waals surface area contributed by atoms with Crippen LogP contribution in [0, 0.1) is 5.82 Å². The lowest BCUT2D eigenvalue weighted by Gasteiger charge is -2.12. The number of ether oxygens (including phenoxy) is 1. The number of halogens is 1. The third kappa shape index (κ3) is 4.53. The summed E-state index contributed by atoms with van der Waals surface area (Å²) in [5, 5.41) is 8.79. The molecule has 1 aromatic carbocycles. The minimum Gasteiger partial charge on any atom is -0.478 e. The van der Waals surface area contributed by atoms with Gasteiger partial charge in [0.2, 0.25) is 0 Å². The summed E-state index contributed by atoms with van der Waals surface area (Å²) in [6.45, 7) is 4.24. The van der Waals surface area contributed by atoms with E-state index >= 15 is 0 Å². The van der Waals surface area contributed by atoms with Crippen LogP contribution in [0.3, 0.4) is 0 Å². The van der Waals surface area contributed by atoms with E-state index in [4.69, 9.17) is 9.84 Å². The van der Waals surface area contributed by atoms with Crippen LogP contribution < -0.4 is 0 Å². The minimum atomic E-state index is -1.13. The van der Waals surface area contributed by atoms with Gasteiger partial charge in [-0.2, -0.15) is 0 Å². The average Bonchev–Trinajstić information content (AvgIpc) is 2.26. The summed E-state index contributed by atoms with van der Waals surface area (Å²) >= 11 is 0. The highest BCUT2D eigenvalue weighted by Gasteiger charge is 2.08. The third-order valence-corrected chi connectivity index (χ3v) is 2.43. The van der Waals surface area contributed by atoms with Crippen LogP contribution in [0.4, 0.5) is 4.39 Å². The molecular weight excluding hydrogens is 223 g/mol. The fourth-order valence-corrected chi connectivity index (χ4v) is 1.59. The first-order valence-electron chi connectivity index (χ1n) is 5.67. The van der Waals surface area contributed by atoms with E-state index in [0.29, 0.717) is 5.56 Å². The molecule has 0 radical (unpaired) electrons. The van der Waals surface area contributed by atoms with Crippen molar-refractivity contribution in [3.05, 3.63) is 35.1 Å². The fraction of sp³-hybridized carbons (Fsp3) is 0.462. The molecule has 0 saturated carbocycles. The maximum atomic E-state index is 13.1. The molecule has 0 aliphatic heterocycles. The predicted octanol–water partition coefficient (Wildman–Crippen LogP) is 3.23. The quantitative estimate of drug-likeness (QED) is 0.830. The van der Waals surface area contributed by atoms with Gasteiger partial charge in [-0.1, -0.05) is 13.3 Å². The van der Waals surface area contributed by atoms with Gasteiger partial charge in [-0.25, -0.2) is 9.18 Å². The zero-order valence-corrected chi connectivity index (χ0v) is 10.1. The highest BCUT2D eigenvalue weighted by Crippen LogP contribution is 2.12. The van der Waals surface area contributed by atoms with Crippen LogP contribution in [0.1, 0.15) is 42.6 Å². The van der Waals surface area contributed by atoms with Crippen LogP contribution >= 0.6 is 0 Å². The number of carbonyl (C=O) groups is 1. The summed E-state index contributed by atoms with van der Waals surface area (Å²) in [6, 6.07) is 3.73. The molecule has 3 nitrogen and oxygen atoms in total. The van der Waals surface area contributed by atoms with Crippen molar-refractivity contribution in [3.8, 4) is 0 Å². The van der Waals surface area contributed by atoms with Gasteiger partial charge in [0.1, 0.15) is 5.82 Å². The molecule has 0 heterocycles. The number of rotatable bonds is 6. The summed E-state index contributed by atoms with van der Waals surface area (Å²) in [4.78, 5) is 10.7. The summed E-state index contributed by atoms with van der Waals surface area (Å²) in [7, 11) is 0. The standard InChI is InChI=1S/C13H17FO3/c1-3-4-9(2)17-8-10-5-11(13(15)16)7-12(14)6-10/h5-7,9H,3-4,8H2,1-2H3,(H,15,16). The molecule has 1 rings (SSSR count). The van der Waals surface area contributed by atoms with Crippen molar-refractivity contribution in [2.24, 2.45) is 0 Å². The molecule has 0 aliphatic rings. The van der Waals surface area contributed by atoms with Crippen molar-refractivity contribution in [1.29, 1.82) is 0 Å². The number of hydrogen-bond acceptors (Lipinski definition) is 2. The molecule has 0 bridgehead atoms. The Labute approximate surface area is 100 Å². The average molecular weight is 240 g/mol. The Bertz CT molecular complexity index is 390. The molecule has 4 heteroatoms. The second-order valence-corrected chi connectivity index (χ2v) is 4.06. The summed E-state index contributed by atoms with van der Waals surface area (Å²) < 4.78 is 18.6. The molecule has 1 N–H and O–H groups in total. The van der Waals surface area contributed by atoms with Crippen LogP contribution in [-0.2, 0) is 11.3 Å². The van der Waals surface area contributed by atoms with Crippen LogP contribution in [0.25, 0.3) is 0 Å². The van der Waals surface area contributed by atoms with E-state index in [1.807, 2.05) is 6.92 Å². The first-order chi connectivity index (χ1) is 8.02. The number of aromatic carboxylic acids is 1. The van der Waals surface area contributed by atoms with Gasteiger partial charge in [-0.3, -0.25) is 0 Å². The number of hydrogen-bond donors (Lipinski definition) is 1. The molecule has 0 aliphatic carbocycles. The van der Waals surface area contributed by atoms with E-state index in [0.717, 1.165) is 18.9 Å². The van der Waals surface area contributed by atoms with E-state index in [1.165, 1.54) is 12.1 Å². The lowest BCUT2D eigenvalue weighted by Crippen LogP contribution is -2.08. The minimum absolute atomic E-state index is 0.0493. The summed E-state index contributed by atoms with van der Waals surface area (Å²) in [5.41, 5.74) is 0.497. The smallest absolute Gasteiger partial charge is 0.335 e. The van der Waals surface area contributed by atoms with Gasteiger partial charge in [-0.05, 0) is 37.1 Å². The lowest BCUT2D eigenvalue weighted by molar-refractivity contribution is 0.0469. The normalized spacial score (nSPS) is 12.4. The van der Waals surface area contributed by atoms with Gasteiger partial charge in [0, 0.05) is 0 Å². The largest absolute Gasteiger partial charge is 0.478 e. The molecule has 17 heavy (non-hydrogen) atoms. The Kier molecular flexibility index (Phi) is 5.10. The lowest BCUT2D eigenvalue weighted by atomic mass is 10.1. The Morgan fingerprint density at radius 3 is 2.76 bits per heavy atom. The van der Waals surface area contributed by atoms with Gasteiger partial charge in [0.05, 0.1) is 18.3 Å². The maximum Gasteiger partial charge on any atom is 0.335 e. The van der Waals surface area contributed by atoms with E-state index in [-0.39, 0.29) is 18.3 Å². The van der Waals surface area contributed by atoms with E-state index in [9.17, 15) is 9.18 Å². The highest BCUT2D eigenvalue weighted by molar-refractivity contribution is 5.87. The van der Waals surface area contributed by atoms with Crippen LogP contribution in [0.2, 0.25) is 0 Å². The van der Waals surface area contributed by atoms with Gasteiger partial charge < -0.3 is 9.84 Å². The second-order valence-electron chi connectivity index (χ2n) is 4.06. The zero-order valence-electron chi connectivity index (χ0n) is 10.1. The van der Waals surface area contributed by atoms with Gasteiger partial charge in [0.15, 0.2) is 0 Å². The summed E-state index contributed by atoms with van der Waals surface area (Å²) in [6.07, 6.45) is 2.04. The Balaban J connectivity index is 2.68. The van der Waals surface area contributed by atoms with Gasteiger partial charge >= 0.3 is 5.97 Å². The first-order valence-corrected chi connectivity index (χ1v) is 5.67. The molecule has 94 valence electrons. The molecule has 1 unspecified atom stereocenters. The van der Waals surface area contributed by atoms with Crippen molar-refractivity contribution < 1.29 is 19.0 Å². The molecule has 1 atom stereocenters. The topological polar surface area (TPSA) is 46.5 Å². The number of benzene rings is 1. The van der Waals surface area contributed by atoms with E-state index < -0.39 is 11.8 Å². The Morgan fingerprint density at radius 1 is 1.47 bits per heavy atom. The number of carboxylic acid groups (broad SMARTS) is 1. The van der Waals surface area contributed by atoms with Crippen molar-refractivity contribution in [2.75, 3.05) is 0 Å². The zero-order chi connectivity index (χ0) is 12.8. The maximum absolute atomic E-state index is 13.1. The third-order valence-electron chi connectivity index (χ3n) is 2.43. The second kappa shape index (κ2) is 6.35. The predicted molar refractivity (Wildman–Crippen MR) is 62.5 cm³/mol. The van der Waals surface area contributed by atoms with Crippen LogP contribution in [0.5, 0.6) is 0 Å². The first kappa shape index (κ1) is 13.6. The van der Waals surface area contributed by atoms with Gasteiger partial charge in [-0.15, -0.1) is 0 Å². The fourth-order valence-electron chi connectivity index (χ4n) is 1.59. The van der Waals surface area contributed by atoms with Crippen molar-refractivity contribution in [1.82, 2.24) is 0 Å². The van der Waals surface area contributed by atoms with Crippen molar-refractivity contribution in [3.63, 3.8) is 0 Å². The molecule has 0 spiro atoms. The molecule has 0 amide bonds. The van der Waals surface area contributed by atoms with Gasteiger partial charge in [0.25, 0.3) is 0 Å². The van der Waals surface area contributed by atoms with Crippen molar-refractivity contribution in [2.45, 2.75) is 39.4 Å². The highest BCUT2D eigenvalue weighted by atomic mass is 19.1. The molecule has 0 aromatic heterocycles. The van der Waals surface area contributed by atoms with Crippen LogP contribution in [-0.4, -0.2) is 17.2 Å². The Morgan fingerprint density at radius 2 is 2.18 bits per heavy atom. The molecule has 0 fully saturated rings. The van der Waals surface area contributed by atoms with E-state index in [1.54, 1.807) is 0 Å². The number of carboxylic acids is 1. The SMILES string of the molecule is CCCC(C)OCc1cc(F)cc(C(=O)O)c1. The monoisotopic (exact) mass is 240 g/mol. The van der Waals surface area contributed by atoms with Crippen LogP contribution in [0.15, 0.2) is 18.2 Å². The van der Waals surface area contributed by atoms with Crippen molar-refractivity contribution >= 4 is 5.97 Å². The van der Waals surface area contributed by atoms with E-state index in [2.05, 4.69) is 6.92 Å². The molecular formula is C13H17FO3. The molecule has 1 aromatic rings.